The molecule has 0 saturated heterocycles. The van der Waals surface area contributed by atoms with Gasteiger partial charge in [0.2, 0.25) is 0 Å². The van der Waals surface area contributed by atoms with Crippen LogP contribution in [-0.2, 0) is 11.3 Å². The Morgan fingerprint density at radius 3 is 2.94 bits per heavy atom. The van der Waals surface area contributed by atoms with Gasteiger partial charge < -0.3 is 10.1 Å². The van der Waals surface area contributed by atoms with Crippen molar-refractivity contribution in [1.29, 1.82) is 0 Å². The molecule has 0 aliphatic rings. The highest BCUT2D eigenvalue weighted by Crippen LogP contribution is 2.12. The van der Waals surface area contributed by atoms with E-state index in [1.807, 2.05) is 18.2 Å². The summed E-state index contributed by atoms with van der Waals surface area (Å²) in [5, 5.41) is 7.58. The van der Waals surface area contributed by atoms with Crippen molar-refractivity contribution in [2.24, 2.45) is 0 Å². The first kappa shape index (κ1) is 12.7. The van der Waals surface area contributed by atoms with Gasteiger partial charge >= 0.3 is 0 Å². The highest BCUT2D eigenvalue weighted by atomic mass is 16.5. The summed E-state index contributed by atoms with van der Waals surface area (Å²) < 4.78 is 6.88. The van der Waals surface area contributed by atoms with Crippen LogP contribution in [0.4, 0.5) is 0 Å². The minimum Gasteiger partial charge on any atom is -0.383 e. The maximum Gasteiger partial charge on any atom is 0.138 e. The second kappa shape index (κ2) is 6.28. The van der Waals surface area contributed by atoms with Crippen molar-refractivity contribution in [2.75, 3.05) is 13.7 Å². The van der Waals surface area contributed by atoms with Gasteiger partial charge in [-0.1, -0.05) is 18.2 Å². The Labute approximate surface area is 107 Å². The van der Waals surface area contributed by atoms with E-state index in [4.69, 9.17) is 4.74 Å². The normalized spacial score (nSPS) is 12.6. The van der Waals surface area contributed by atoms with E-state index in [1.54, 1.807) is 18.1 Å². The summed E-state index contributed by atoms with van der Waals surface area (Å²) in [6.45, 7) is 3.58. The van der Waals surface area contributed by atoms with Gasteiger partial charge in [-0.25, -0.2) is 9.67 Å². The second-order valence-electron chi connectivity index (χ2n) is 4.21. The molecule has 2 rings (SSSR count). The molecule has 1 aromatic carbocycles. The van der Waals surface area contributed by atoms with Gasteiger partial charge in [0.15, 0.2) is 0 Å². The van der Waals surface area contributed by atoms with E-state index in [2.05, 4.69) is 28.4 Å². The molecule has 1 N–H and O–H groups in total. The molecule has 0 fully saturated rings. The van der Waals surface area contributed by atoms with Crippen molar-refractivity contribution >= 4 is 0 Å². The van der Waals surface area contributed by atoms with Crippen LogP contribution in [0, 0.1) is 0 Å². The Hall–Kier alpha value is -1.72. The second-order valence-corrected chi connectivity index (χ2v) is 4.21. The summed E-state index contributed by atoms with van der Waals surface area (Å²) >= 11 is 0. The lowest BCUT2D eigenvalue weighted by molar-refractivity contribution is 0.171. The minimum absolute atomic E-state index is 0.318. The molecular formula is C13H18N4O. The van der Waals surface area contributed by atoms with Crippen LogP contribution >= 0.6 is 0 Å². The van der Waals surface area contributed by atoms with Gasteiger partial charge in [-0.2, -0.15) is 5.10 Å². The number of benzene rings is 1. The average molecular weight is 246 g/mol. The van der Waals surface area contributed by atoms with Crippen LogP contribution in [0.15, 0.2) is 36.9 Å². The Morgan fingerprint density at radius 2 is 2.22 bits per heavy atom. The fourth-order valence-electron chi connectivity index (χ4n) is 1.81. The van der Waals surface area contributed by atoms with Gasteiger partial charge in [-0.3, -0.25) is 0 Å². The lowest BCUT2D eigenvalue weighted by atomic mass is 10.1. The number of ether oxygens (including phenoxy) is 1. The largest absolute Gasteiger partial charge is 0.383 e. The number of aromatic nitrogens is 3. The number of methoxy groups -OCH3 is 1. The van der Waals surface area contributed by atoms with Crippen LogP contribution in [0.5, 0.6) is 0 Å². The van der Waals surface area contributed by atoms with Crippen LogP contribution in [0.1, 0.15) is 12.5 Å². The van der Waals surface area contributed by atoms with Crippen LogP contribution in [0.3, 0.4) is 0 Å². The number of nitrogens with zero attached hydrogens (tertiary/aromatic N) is 3. The first-order valence-electron chi connectivity index (χ1n) is 5.96. The zero-order valence-electron chi connectivity index (χ0n) is 10.7. The Morgan fingerprint density at radius 1 is 1.39 bits per heavy atom. The SMILES string of the molecule is COC[C@@H](C)NCc1ccccc1-n1cncn1. The highest BCUT2D eigenvalue weighted by Gasteiger charge is 2.06. The molecule has 0 aliphatic carbocycles. The van der Waals surface area contributed by atoms with E-state index in [0.29, 0.717) is 12.6 Å². The highest BCUT2D eigenvalue weighted by molar-refractivity contribution is 5.39. The summed E-state index contributed by atoms with van der Waals surface area (Å²) in [6.07, 6.45) is 3.25. The summed E-state index contributed by atoms with van der Waals surface area (Å²) in [7, 11) is 1.71. The molecule has 1 heterocycles. The zero-order valence-corrected chi connectivity index (χ0v) is 10.7. The van der Waals surface area contributed by atoms with Crippen molar-refractivity contribution in [3.05, 3.63) is 42.5 Å². The maximum absolute atomic E-state index is 5.10. The molecule has 5 nitrogen and oxygen atoms in total. The quantitative estimate of drug-likeness (QED) is 0.837. The Bertz CT molecular complexity index is 470. The molecule has 0 radical (unpaired) electrons. The molecule has 5 heteroatoms. The average Bonchev–Trinajstić information content (AvgIpc) is 2.91. The maximum atomic E-state index is 5.10. The summed E-state index contributed by atoms with van der Waals surface area (Å²) in [5.74, 6) is 0. The van der Waals surface area contributed by atoms with E-state index in [9.17, 15) is 0 Å². The van der Waals surface area contributed by atoms with E-state index in [-0.39, 0.29) is 0 Å². The monoisotopic (exact) mass is 246 g/mol. The summed E-state index contributed by atoms with van der Waals surface area (Å²) in [4.78, 5) is 3.98. The van der Waals surface area contributed by atoms with Crippen molar-refractivity contribution in [3.63, 3.8) is 0 Å². The first-order chi connectivity index (χ1) is 8.81. The molecule has 96 valence electrons. The molecule has 1 aromatic heterocycles. The molecule has 0 amide bonds. The van der Waals surface area contributed by atoms with Crippen LogP contribution in [0.2, 0.25) is 0 Å². The van der Waals surface area contributed by atoms with Gasteiger partial charge in [0.25, 0.3) is 0 Å². The van der Waals surface area contributed by atoms with Crippen LogP contribution < -0.4 is 5.32 Å². The Balaban J connectivity index is 2.09. The molecule has 0 unspecified atom stereocenters. The number of hydrogen-bond acceptors (Lipinski definition) is 4. The van der Waals surface area contributed by atoms with E-state index in [0.717, 1.165) is 12.2 Å². The van der Waals surface area contributed by atoms with Gasteiger partial charge in [-0.15, -0.1) is 0 Å². The molecule has 1 atom stereocenters. The fourth-order valence-corrected chi connectivity index (χ4v) is 1.81. The Kier molecular flexibility index (Phi) is 4.44. The van der Waals surface area contributed by atoms with Crippen molar-refractivity contribution in [2.45, 2.75) is 19.5 Å². The van der Waals surface area contributed by atoms with E-state index in [1.165, 1.54) is 11.9 Å². The molecule has 0 bridgehead atoms. The predicted octanol–water partition coefficient (Wildman–Crippen LogP) is 1.39. The van der Waals surface area contributed by atoms with Gasteiger partial charge in [0, 0.05) is 19.7 Å². The van der Waals surface area contributed by atoms with E-state index >= 15 is 0 Å². The third kappa shape index (κ3) is 3.15. The lowest BCUT2D eigenvalue weighted by Crippen LogP contribution is -2.29. The zero-order chi connectivity index (χ0) is 12.8. The van der Waals surface area contributed by atoms with Gasteiger partial charge in [0.05, 0.1) is 12.3 Å². The lowest BCUT2D eigenvalue weighted by Gasteiger charge is -2.14. The summed E-state index contributed by atoms with van der Waals surface area (Å²) in [6, 6.07) is 8.46. The van der Waals surface area contributed by atoms with Crippen molar-refractivity contribution < 1.29 is 4.74 Å². The topological polar surface area (TPSA) is 52.0 Å². The van der Waals surface area contributed by atoms with Crippen LogP contribution in [-0.4, -0.2) is 34.5 Å². The third-order valence-corrected chi connectivity index (χ3v) is 2.71. The smallest absolute Gasteiger partial charge is 0.138 e. The van der Waals surface area contributed by atoms with Crippen molar-refractivity contribution in [3.8, 4) is 5.69 Å². The molecule has 2 aromatic rings. The first-order valence-corrected chi connectivity index (χ1v) is 5.96. The molecule has 0 spiro atoms. The van der Waals surface area contributed by atoms with Gasteiger partial charge in [-0.05, 0) is 18.6 Å². The number of rotatable bonds is 6. The molecular weight excluding hydrogens is 228 g/mol. The van der Waals surface area contributed by atoms with E-state index < -0.39 is 0 Å². The van der Waals surface area contributed by atoms with Gasteiger partial charge in [0.1, 0.15) is 12.7 Å². The summed E-state index contributed by atoms with van der Waals surface area (Å²) in [5.41, 5.74) is 2.23. The minimum atomic E-state index is 0.318. The number of hydrogen-bond donors (Lipinski definition) is 1. The molecule has 0 aliphatic heterocycles. The standard InChI is InChI=1S/C13H18N4O/c1-11(8-18-2)15-7-12-5-3-4-6-13(12)17-10-14-9-16-17/h3-6,9-11,15H,7-8H2,1-2H3/t11-/m1/s1. The van der Waals surface area contributed by atoms with Crippen LogP contribution in [0.25, 0.3) is 5.69 Å². The molecule has 18 heavy (non-hydrogen) atoms. The predicted molar refractivity (Wildman–Crippen MR) is 69.5 cm³/mol. The molecule has 0 saturated carbocycles. The number of nitrogens with one attached hydrogen (secondary N) is 1. The fraction of sp³-hybridized carbons (Fsp3) is 0.385. The van der Waals surface area contributed by atoms with Crippen molar-refractivity contribution in [1.82, 2.24) is 20.1 Å². The number of para-hydroxylation sites is 1. The third-order valence-electron chi connectivity index (χ3n) is 2.71.